The van der Waals surface area contributed by atoms with Crippen molar-refractivity contribution in [3.63, 3.8) is 0 Å². The van der Waals surface area contributed by atoms with Gasteiger partial charge in [0.05, 0.1) is 11.5 Å². The fourth-order valence-corrected chi connectivity index (χ4v) is 3.63. The van der Waals surface area contributed by atoms with E-state index in [2.05, 4.69) is 15.8 Å². The maximum absolute atomic E-state index is 12.3. The number of aryl methyl sites for hydroxylation is 2. The van der Waals surface area contributed by atoms with Crippen LogP contribution in [0.3, 0.4) is 0 Å². The fourth-order valence-electron chi connectivity index (χ4n) is 2.77. The fraction of sp³-hybridized carbons (Fsp3) is 0.192. The highest BCUT2D eigenvalue weighted by molar-refractivity contribution is 8.00. The van der Waals surface area contributed by atoms with Gasteiger partial charge in [-0.15, -0.1) is 11.8 Å². The number of hydrazone groups is 1. The summed E-state index contributed by atoms with van der Waals surface area (Å²) in [5.74, 6) is 0.166. The predicted molar refractivity (Wildman–Crippen MR) is 134 cm³/mol. The number of carbonyl (C=O) groups excluding carboxylic acids is 2. The van der Waals surface area contributed by atoms with E-state index < -0.39 is 0 Å². The van der Waals surface area contributed by atoms with Crippen molar-refractivity contribution in [2.45, 2.75) is 30.9 Å². The summed E-state index contributed by atoms with van der Waals surface area (Å²) in [6, 6.07) is 22.7. The minimum Gasteiger partial charge on any atom is -0.484 e. The number of benzene rings is 3. The summed E-state index contributed by atoms with van der Waals surface area (Å²) in [6.07, 6.45) is 1.56. The quantitative estimate of drug-likeness (QED) is 0.268. The molecule has 2 N–H and O–H groups in total. The number of amides is 2. The van der Waals surface area contributed by atoms with Crippen LogP contribution in [0, 0.1) is 13.8 Å². The third kappa shape index (κ3) is 8.12. The lowest BCUT2D eigenvalue weighted by molar-refractivity contribution is -0.120. The smallest absolute Gasteiger partial charge is 0.262 e. The third-order valence-electron chi connectivity index (χ3n) is 4.68. The zero-order valence-electron chi connectivity index (χ0n) is 18.9. The molecule has 0 aliphatic heterocycles. The van der Waals surface area contributed by atoms with Gasteiger partial charge in [0.1, 0.15) is 5.75 Å². The minimum absolute atomic E-state index is 0.0894. The van der Waals surface area contributed by atoms with Gasteiger partial charge in [-0.3, -0.25) is 9.59 Å². The monoisotopic (exact) mass is 461 g/mol. The lowest BCUT2D eigenvalue weighted by Crippen LogP contribution is -2.26. The molecule has 170 valence electrons. The first-order valence-electron chi connectivity index (χ1n) is 10.5. The molecule has 7 heteroatoms. The molecule has 0 saturated heterocycles. The summed E-state index contributed by atoms with van der Waals surface area (Å²) in [6.45, 7) is 5.77. The van der Waals surface area contributed by atoms with Crippen molar-refractivity contribution in [3.8, 4) is 5.75 Å². The van der Waals surface area contributed by atoms with Gasteiger partial charge in [-0.1, -0.05) is 35.4 Å². The van der Waals surface area contributed by atoms with Gasteiger partial charge in [-0.05, 0) is 74.9 Å². The number of nitrogens with one attached hydrogen (secondary N) is 2. The second-order valence-corrected chi connectivity index (χ2v) is 8.99. The van der Waals surface area contributed by atoms with E-state index in [0.29, 0.717) is 5.75 Å². The molecular formula is C26H27N3O3S. The Labute approximate surface area is 198 Å². The Hall–Kier alpha value is -3.58. The molecule has 0 fully saturated rings. The van der Waals surface area contributed by atoms with Crippen molar-refractivity contribution in [1.82, 2.24) is 5.43 Å². The minimum atomic E-state index is -0.272. The van der Waals surface area contributed by atoms with E-state index >= 15 is 0 Å². The summed E-state index contributed by atoms with van der Waals surface area (Å²) in [4.78, 5) is 25.3. The van der Waals surface area contributed by atoms with E-state index in [1.54, 1.807) is 30.5 Å². The molecule has 0 radical (unpaired) electrons. The van der Waals surface area contributed by atoms with Gasteiger partial charge in [0, 0.05) is 10.6 Å². The first-order valence-corrected chi connectivity index (χ1v) is 11.4. The molecule has 0 saturated carbocycles. The number of rotatable bonds is 9. The molecule has 2 amide bonds. The summed E-state index contributed by atoms with van der Waals surface area (Å²) < 4.78 is 5.53. The molecule has 0 aromatic heterocycles. The van der Waals surface area contributed by atoms with Crippen LogP contribution in [0.2, 0.25) is 0 Å². The number of anilines is 1. The largest absolute Gasteiger partial charge is 0.484 e. The van der Waals surface area contributed by atoms with E-state index in [1.807, 2.05) is 69.3 Å². The van der Waals surface area contributed by atoms with Crippen LogP contribution in [0.25, 0.3) is 0 Å². The highest BCUT2D eigenvalue weighted by Crippen LogP contribution is 2.23. The molecule has 3 aromatic rings. The molecule has 33 heavy (non-hydrogen) atoms. The normalized spacial score (nSPS) is 11.7. The highest BCUT2D eigenvalue weighted by atomic mass is 32.2. The maximum Gasteiger partial charge on any atom is 0.262 e. The Kier molecular flexibility index (Phi) is 8.66. The van der Waals surface area contributed by atoms with Crippen LogP contribution < -0.4 is 15.5 Å². The van der Waals surface area contributed by atoms with E-state index in [4.69, 9.17) is 4.74 Å². The highest BCUT2D eigenvalue weighted by Gasteiger charge is 2.13. The molecular weight excluding hydrogens is 434 g/mol. The summed E-state index contributed by atoms with van der Waals surface area (Å²) in [5.41, 5.74) is 6.41. The third-order valence-corrected chi connectivity index (χ3v) is 5.79. The van der Waals surface area contributed by atoms with Gasteiger partial charge in [-0.25, -0.2) is 5.43 Å². The van der Waals surface area contributed by atoms with Crippen LogP contribution in [-0.2, 0) is 9.59 Å². The summed E-state index contributed by atoms with van der Waals surface area (Å²) in [5, 5.41) is 6.55. The van der Waals surface area contributed by atoms with Gasteiger partial charge in [0.2, 0.25) is 0 Å². The Morgan fingerprint density at radius 1 is 0.939 bits per heavy atom. The molecule has 0 aliphatic rings. The van der Waals surface area contributed by atoms with Gasteiger partial charge in [0.15, 0.2) is 6.61 Å². The average molecular weight is 462 g/mol. The predicted octanol–water partition coefficient (Wildman–Crippen LogP) is 4.95. The van der Waals surface area contributed by atoms with Crippen LogP contribution in [0.4, 0.5) is 5.69 Å². The number of hydrogen-bond acceptors (Lipinski definition) is 5. The van der Waals surface area contributed by atoms with Crippen LogP contribution in [0.15, 0.2) is 82.8 Å². The van der Waals surface area contributed by atoms with Crippen molar-refractivity contribution in [2.75, 3.05) is 11.9 Å². The number of nitrogens with zero attached hydrogens (tertiary/aromatic N) is 1. The van der Waals surface area contributed by atoms with E-state index in [9.17, 15) is 9.59 Å². The lowest BCUT2D eigenvalue weighted by atomic mass is 10.2. The van der Waals surface area contributed by atoms with Crippen LogP contribution >= 0.6 is 11.8 Å². The van der Waals surface area contributed by atoms with Crippen molar-refractivity contribution < 1.29 is 14.3 Å². The van der Waals surface area contributed by atoms with Crippen LogP contribution in [-0.4, -0.2) is 29.9 Å². The Bertz CT molecular complexity index is 1100. The second kappa shape index (κ2) is 11.9. The summed E-state index contributed by atoms with van der Waals surface area (Å²) >= 11 is 1.48. The van der Waals surface area contributed by atoms with Gasteiger partial charge in [-0.2, -0.15) is 5.10 Å². The van der Waals surface area contributed by atoms with Crippen molar-refractivity contribution in [1.29, 1.82) is 0 Å². The molecule has 0 aliphatic carbocycles. The van der Waals surface area contributed by atoms with Gasteiger partial charge in [0.25, 0.3) is 11.8 Å². The van der Waals surface area contributed by atoms with Crippen molar-refractivity contribution >= 4 is 35.5 Å². The van der Waals surface area contributed by atoms with Crippen molar-refractivity contribution in [2.24, 2.45) is 5.10 Å². The SMILES string of the molecule is Cc1ccc(NC(=O)COc2ccc(/C=N\NC(=O)[C@@H](C)Sc3ccc(C)cc3)cc2)cc1. The van der Waals surface area contributed by atoms with E-state index in [-0.39, 0.29) is 23.7 Å². The molecule has 0 unspecified atom stereocenters. The molecule has 0 spiro atoms. The maximum atomic E-state index is 12.3. The molecule has 3 rings (SSSR count). The first-order chi connectivity index (χ1) is 15.9. The Balaban J connectivity index is 1.41. The first kappa shape index (κ1) is 24.1. The Morgan fingerprint density at radius 2 is 1.55 bits per heavy atom. The Morgan fingerprint density at radius 3 is 2.18 bits per heavy atom. The molecule has 0 bridgehead atoms. The standard InChI is InChI=1S/C26H27N3O3S/c1-18-4-10-22(11-5-18)28-25(30)17-32-23-12-8-21(9-13-23)16-27-29-26(31)20(3)33-24-14-6-19(2)7-15-24/h4-16,20H,17H2,1-3H3,(H,28,30)(H,29,31)/b27-16-/t20-/m1/s1. The van der Waals surface area contributed by atoms with Crippen molar-refractivity contribution in [3.05, 3.63) is 89.5 Å². The van der Waals surface area contributed by atoms with Gasteiger partial charge >= 0.3 is 0 Å². The molecule has 3 aromatic carbocycles. The second-order valence-electron chi connectivity index (χ2n) is 7.58. The van der Waals surface area contributed by atoms with Crippen LogP contribution in [0.5, 0.6) is 5.75 Å². The molecule has 1 atom stereocenters. The molecule has 6 nitrogen and oxygen atoms in total. The summed E-state index contributed by atoms with van der Waals surface area (Å²) in [7, 11) is 0. The number of carbonyl (C=O) groups is 2. The zero-order chi connectivity index (χ0) is 23.6. The van der Waals surface area contributed by atoms with E-state index in [1.165, 1.54) is 17.3 Å². The molecule has 0 heterocycles. The average Bonchev–Trinajstić information content (AvgIpc) is 2.81. The zero-order valence-corrected chi connectivity index (χ0v) is 19.7. The van der Waals surface area contributed by atoms with Crippen LogP contribution in [0.1, 0.15) is 23.6 Å². The number of hydrogen-bond donors (Lipinski definition) is 2. The van der Waals surface area contributed by atoms with E-state index in [0.717, 1.165) is 21.7 Å². The lowest BCUT2D eigenvalue weighted by Gasteiger charge is -2.09. The topological polar surface area (TPSA) is 79.8 Å². The van der Waals surface area contributed by atoms with Gasteiger partial charge < -0.3 is 10.1 Å². The number of thioether (sulfide) groups is 1. The number of ether oxygens (including phenoxy) is 1.